The Labute approximate surface area is 149 Å². The van der Waals surface area contributed by atoms with E-state index >= 15 is 0 Å². The minimum absolute atomic E-state index is 0.0572. The van der Waals surface area contributed by atoms with Gasteiger partial charge in [-0.3, -0.25) is 9.59 Å². The first-order valence-corrected chi connectivity index (χ1v) is 9.73. The van der Waals surface area contributed by atoms with Crippen molar-refractivity contribution in [1.29, 1.82) is 0 Å². The Hall–Kier alpha value is -1.93. The van der Waals surface area contributed by atoms with Crippen LogP contribution in [0.25, 0.3) is 0 Å². The first kappa shape index (κ1) is 19.4. The van der Waals surface area contributed by atoms with Gasteiger partial charge >= 0.3 is 0 Å². The molecule has 0 N–H and O–H groups in total. The van der Waals surface area contributed by atoms with Crippen molar-refractivity contribution in [3.63, 3.8) is 0 Å². The first-order chi connectivity index (χ1) is 11.7. The maximum Gasteiger partial charge on any atom is 0.243 e. The van der Waals surface area contributed by atoms with Gasteiger partial charge in [-0.15, -0.1) is 0 Å². The van der Waals surface area contributed by atoms with E-state index in [1.54, 1.807) is 45.0 Å². The number of benzene rings is 1. The molecule has 1 aliphatic rings. The molecule has 1 aromatic rings. The van der Waals surface area contributed by atoms with Crippen molar-refractivity contribution >= 4 is 27.5 Å². The molecule has 0 aromatic heterocycles. The van der Waals surface area contributed by atoms with Gasteiger partial charge in [-0.05, 0) is 37.1 Å². The minimum Gasteiger partial charge on any atom is -0.348 e. The molecule has 1 fully saturated rings. The maximum atomic E-state index is 12.9. The van der Waals surface area contributed by atoms with Gasteiger partial charge in [-0.25, -0.2) is 8.42 Å². The summed E-state index contributed by atoms with van der Waals surface area (Å²) in [5.41, 5.74) is 1.28. The highest BCUT2D eigenvalue weighted by Crippen LogP contribution is 2.27. The standard InChI is InChI=1S/C17H25N3O4S/c1-5-19(12-17(22)18(3)4)25(23,24)15-9-8-14(11-13(15)2)20-10-6-7-16(20)21/h8-9,11H,5-7,10,12H2,1-4H3. The third kappa shape index (κ3) is 4.01. The van der Waals surface area contributed by atoms with Crippen LogP contribution < -0.4 is 4.90 Å². The van der Waals surface area contributed by atoms with E-state index < -0.39 is 10.0 Å². The molecule has 0 aliphatic carbocycles. The molecule has 138 valence electrons. The van der Waals surface area contributed by atoms with Gasteiger partial charge in [0.1, 0.15) is 0 Å². The number of aryl methyl sites for hydroxylation is 1. The van der Waals surface area contributed by atoms with Gasteiger partial charge in [0.15, 0.2) is 0 Å². The van der Waals surface area contributed by atoms with Crippen molar-refractivity contribution in [2.75, 3.05) is 38.6 Å². The Morgan fingerprint density at radius 1 is 1.28 bits per heavy atom. The summed E-state index contributed by atoms with van der Waals surface area (Å²) in [4.78, 5) is 27.0. The van der Waals surface area contributed by atoms with Crippen molar-refractivity contribution in [1.82, 2.24) is 9.21 Å². The fourth-order valence-electron chi connectivity index (χ4n) is 2.81. The van der Waals surface area contributed by atoms with Crippen molar-refractivity contribution < 1.29 is 18.0 Å². The highest BCUT2D eigenvalue weighted by molar-refractivity contribution is 7.89. The Balaban J connectivity index is 2.32. The molecule has 0 unspecified atom stereocenters. The average molecular weight is 367 g/mol. The highest BCUT2D eigenvalue weighted by atomic mass is 32.2. The topological polar surface area (TPSA) is 78.0 Å². The summed E-state index contributed by atoms with van der Waals surface area (Å²) < 4.78 is 27.0. The quantitative estimate of drug-likeness (QED) is 0.757. The Morgan fingerprint density at radius 3 is 2.44 bits per heavy atom. The van der Waals surface area contributed by atoms with E-state index in [9.17, 15) is 18.0 Å². The second-order valence-electron chi connectivity index (χ2n) is 6.32. The van der Waals surface area contributed by atoms with Gasteiger partial charge in [0.25, 0.3) is 0 Å². The summed E-state index contributed by atoms with van der Waals surface area (Å²) in [5.74, 6) is -0.218. The molecule has 25 heavy (non-hydrogen) atoms. The lowest BCUT2D eigenvalue weighted by Gasteiger charge is -2.23. The number of carbonyl (C=O) groups excluding carboxylic acids is 2. The molecule has 1 saturated heterocycles. The lowest BCUT2D eigenvalue weighted by Crippen LogP contribution is -2.40. The van der Waals surface area contributed by atoms with Gasteiger partial charge in [-0.2, -0.15) is 4.31 Å². The average Bonchev–Trinajstić information content (AvgIpc) is 2.97. The molecule has 1 aliphatic heterocycles. The number of rotatable bonds is 6. The Morgan fingerprint density at radius 2 is 1.96 bits per heavy atom. The fourth-order valence-corrected chi connectivity index (χ4v) is 4.41. The van der Waals surface area contributed by atoms with Gasteiger partial charge < -0.3 is 9.80 Å². The maximum absolute atomic E-state index is 12.9. The molecule has 8 heteroatoms. The first-order valence-electron chi connectivity index (χ1n) is 8.29. The predicted molar refractivity (Wildman–Crippen MR) is 95.9 cm³/mol. The second kappa shape index (κ2) is 7.53. The summed E-state index contributed by atoms with van der Waals surface area (Å²) in [6.45, 7) is 4.07. The normalized spacial score (nSPS) is 15.1. The van der Waals surface area contributed by atoms with Crippen LogP contribution in [0.5, 0.6) is 0 Å². The zero-order valence-electron chi connectivity index (χ0n) is 15.2. The smallest absolute Gasteiger partial charge is 0.243 e. The lowest BCUT2D eigenvalue weighted by molar-refractivity contribution is -0.128. The van der Waals surface area contributed by atoms with E-state index in [-0.39, 0.29) is 29.8 Å². The molecule has 0 bridgehead atoms. The van der Waals surface area contributed by atoms with Crippen LogP contribution in [0.1, 0.15) is 25.3 Å². The SMILES string of the molecule is CCN(CC(=O)N(C)C)S(=O)(=O)c1ccc(N2CCCC2=O)cc1C. The molecule has 7 nitrogen and oxygen atoms in total. The summed E-state index contributed by atoms with van der Waals surface area (Å²) in [7, 11) is -0.596. The molecule has 1 aromatic carbocycles. The van der Waals surface area contributed by atoms with Crippen molar-refractivity contribution in [3.8, 4) is 0 Å². The second-order valence-corrected chi connectivity index (χ2v) is 8.22. The van der Waals surface area contributed by atoms with Crippen molar-refractivity contribution in [2.45, 2.75) is 31.6 Å². The number of nitrogens with zero attached hydrogens (tertiary/aromatic N) is 3. The summed E-state index contributed by atoms with van der Waals surface area (Å²) in [5, 5.41) is 0. The number of hydrogen-bond acceptors (Lipinski definition) is 4. The van der Waals surface area contributed by atoms with Crippen LogP contribution in [0.3, 0.4) is 0 Å². The van der Waals surface area contributed by atoms with E-state index in [1.807, 2.05) is 0 Å². The van der Waals surface area contributed by atoms with E-state index in [1.165, 1.54) is 15.3 Å². The molecular weight excluding hydrogens is 342 g/mol. The largest absolute Gasteiger partial charge is 0.348 e. The van der Waals surface area contributed by atoms with Crippen LogP contribution in [0.15, 0.2) is 23.1 Å². The van der Waals surface area contributed by atoms with Gasteiger partial charge in [-0.1, -0.05) is 6.92 Å². The van der Waals surface area contributed by atoms with E-state index in [0.29, 0.717) is 24.2 Å². The van der Waals surface area contributed by atoms with E-state index in [2.05, 4.69) is 0 Å². The van der Waals surface area contributed by atoms with Crippen molar-refractivity contribution in [2.24, 2.45) is 0 Å². The zero-order valence-corrected chi connectivity index (χ0v) is 16.0. The van der Waals surface area contributed by atoms with E-state index in [0.717, 1.165) is 6.42 Å². The summed E-state index contributed by atoms with van der Waals surface area (Å²) in [6, 6.07) is 4.90. The molecule has 0 atom stereocenters. The lowest BCUT2D eigenvalue weighted by atomic mass is 10.2. The summed E-state index contributed by atoms with van der Waals surface area (Å²) in [6.07, 6.45) is 1.34. The van der Waals surface area contributed by atoms with Crippen LogP contribution in [0.2, 0.25) is 0 Å². The van der Waals surface area contributed by atoms with Crippen LogP contribution >= 0.6 is 0 Å². The number of carbonyl (C=O) groups is 2. The monoisotopic (exact) mass is 367 g/mol. The molecular formula is C17H25N3O4S. The minimum atomic E-state index is -3.78. The van der Waals surface area contributed by atoms with Gasteiger partial charge in [0, 0.05) is 39.3 Å². The summed E-state index contributed by atoms with van der Waals surface area (Å²) >= 11 is 0. The third-order valence-corrected chi connectivity index (χ3v) is 6.41. The highest BCUT2D eigenvalue weighted by Gasteiger charge is 2.28. The van der Waals surface area contributed by atoms with Crippen LogP contribution in [-0.2, 0) is 19.6 Å². The van der Waals surface area contributed by atoms with Gasteiger partial charge in [0.2, 0.25) is 21.8 Å². The van der Waals surface area contributed by atoms with Crippen LogP contribution in [-0.4, -0.2) is 63.2 Å². The fraction of sp³-hybridized carbons (Fsp3) is 0.529. The van der Waals surface area contributed by atoms with Crippen molar-refractivity contribution in [3.05, 3.63) is 23.8 Å². The van der Waals surface area contributed by atoms with E-state index in [4.69, 9.17) is 0 Å². The van der Waals surface area contributed by atoms with Crippen LogP contribution in [0.4, 0.5) is 5.69 Å². The number of likely N-dealkylation sites (N-methyl/N-ethyl adjacent to an activating group) is 2. The van der Waals surface area contributed by atoms with Gasteiger partial charge in [0.05, 0.1) is 11.4 Å². The molecule has 0 spiro atoms. The number of hydrogen-bond donors (Lipinski definition) is 0. The number of anilines is 1. The molecule has 0 radical (unpaired) electrons. The molecule has 2 amide bonds. The third-order valence-electron chi connectivity index (χ3n) is 4.32. The Bertz CT molecular complexity index is 774. The Kier molecular flexibility index (Phi) is 5.84. The number of amides is 2. The molecule has 0 saturated carbocycles. The zero-order chi connectivity index (χ0) is 18.8. The molecule has 2 rings (SSSR count). The predicted octanol–water partition coefficient (Wildman–Crippen LogP) is 1.22. The van der Waals surface area contributed by atoms with Crippen LogP contribution in [0, 0.1) is 6.92 Å². The number of sulfonamides is 1. The molecule has 1 heterocycles.